The standard InChI is InChI=1S/C20H22N4O4S/c1-12(2)22-23-19(26)17-14-9-4-3-5-11-16(14)29-20(17)21-18(25)13-8-6-7-10-15(13)24(27)28/h6-8,10H,3-5,9,11H2,1-2H3,(H,21,25)(H,23,26). The molecule has 0 unspecified atom stereocenters. The van der Waals surface area contributed by atoms with E-state index in [0.717, 1.165) is 42.5 Å². The number of benzene rings is 1. The number of para-hydroxylation sites is 1. The fraction of sp³-hybridized carbons (Fsp3) is 0.350. The first kappa shape index (κ1) is 20.7. The highest BCUT2D eigenvalue weighted by atomic mass is 32.1. The van der Waals surface area contributed by atoms with Crippen molar-refractivity contribution in [3.8, 4) is 0 Å². The van der Waals surface area contributed by atoms with E-state index in [2.05, 4.69) is 15.8 Å². The number of hydrazone groups is 1. The minimum absolute atomic E-state index is 0.0464. The average Bonchev–Trinajstić information content (AvgIpc) is 2.86. The molecule has 0 spiro atoms. The number of aryl methyl sites for hydroxylation is 1. The topological polar surface area (TPSA) is 114 Å². The summed E-state index contributed by atoms with van der Waals surface area (Å²) >= 11 is 1.36. The molecule has 8 nitrogen and oxygen atoms in total. The van der Waals surface area contributed by atoms with Gasteiger partial charge >= 0.3 is 0 Å². The van der Waals surface area contributed by atoms with Gasteiger partial charge in [-0.3, -0.25) is 19.7 Å². The van der Waals surface area contributed by atoms with Crippen molar-refractivity contribution in [3.05, 3.63) is 55.9 Å². The first-order valence-corrected chi connectivity index (χ1v) is 10.2. The molecule has 0 aliphatic heterocycles. The number of carbonyl (C=O) groups excluding carboxylic acids is 2. The Morgan fingerprint density at radius 3 is 2.55 bits per heavy atom. The molecule has 1 aromatic carbocycles. The van der Waals surface area contributed by atoms with Crippen LogP contribution in [0.4, 0.5) is 10.7 Å². The van der Waals surface area contributed by atoms with Crippen LogP contribution in [0.3, 0.4) is 0 Å². The molecular formula is C20H22N4O4S. The predicted octanol–water partition coefficient (Wildman–Crippen LogP) is 4.30. The zero-order valence-electron chi connectivity index (χ0n) is 16.3. The van der Waals surface area contributed by atoms with E-state index >= 15 is 0 Å². The zero-order chi connectivity index (χ0) is 21.0. The molecule has 3 rings (SSSR count). The quantitative estimate of drug-likeness (QED) is 0.328. The average molecular weight is 414 g/mol. The second-order valence-corrected chi connectivity index (χ2v) is 8.10. The lowest BCUT2D eigenvalue weighted by molar-refractivity contribution is -0.385. The maximum atomic E-state index is 12.8. The summed E-state index contributed by atoms with van der Waals surface area (Å²) in [7, 11) is 0. The summed E-state index contributed by atoms with van der Waals surface area (Å²) in [6.45, 7) is 3.54. The molecule has 2 amide bonds. The first-order valence-electron chi connectivity index (χ1n) is 9.39. The summed E-state index contributed by atoms with van der Waals surface area (Å²) in [5.74, 6) is -0.999. The number of hydrogen-bond donors (Lipinski definition) is 2. The number of anilines is 1. The zero-order valence-corrected chi connectivity index (χ0v) is 17.1. The molecule has 1 aliphatic carbocycles. The lowest BCUT2D eigenvalue weighted by Crippen LogP contribution is -2.22. The Bertz CT molecular complexity index is 992. The van der Waals surface area contributed by atoms with Gasteiger partial charge in [-0.15, -0.1) is 11.3 Å². The van der Waals surface area contributed by atoms with Gasteiger partial charge in [0, 0.05) is 16.7 Å². The Hall–Kier alpha value is -3.07. The van der Waals surface area contributed by atoms with Gasteiger partial charge < -0.3 is 5.32 Å². The second kappa shape index (κ2) is 8.95. The molecule has 29 heavy (non-hydrogen) atoms. The summed E-state index contributed by atoms with van der Waals surface area (Å²) in [5, 5.41) is 18.4. The smallest absolute Gasteiger partial charge is 0.282 e. The number of nitrogens with zero attached hydrogens (tertiary/aromatic N) is 2. The van der Waals surface area contributed by atoms with Crippen LogP contribution in [0.5, 0.6) is 0 Å². The number of nitro benzene ring substituents is 1. The van der Waals surface area contributed by atoms with Gasteiger partial charge in [0.1, 0.15) is 10.6 Å². The van der Waals surface area contributed by atoms with E-state index in [4.69, 9.17) is 0 Å². The molecule has 0 atom stereocenters. The molecule has 1 aromatic heterocycles. The van der Waals surface area contributed by atoms with E-state index < -0.39 is 10.8 Å². The molecule has 1 aliphatic rings. The maximum absolute atomic E-state index is 12.8. The van der Waals surface area contributed by atoms with Crippen molar-refractivity contribution in [2.24, 2.45) is 5.10 Å². The van der Waals surface area contributed by atoms with Crippen LogP contribution < -0.4 is 10.7 Å². The van der Waals surface area contributed by atoms with Gasteiger partial charge in [0.25, 0.3) is 17.5 Å². The number of fused-ring (bicyclic) bond motifs is 1. The summed E-state index contributed by atoms with van der Waals surface area (Å²) in [4.78, 5) is 37.4. The Balaban J connectivity index is 1.98. The van der Waals surface area contributed by atoms with E-state index in [0.29, 0.717) is 16.3 Å². The van der Waals surface area contributed by atoms with Crippen molar-refractivity contribution in [1.82, 2.24) is 5.43 Å². The SMILES string of the molecule is CC(C)=NNC(=O)c1c(NC(=O)c2ccccc2[N+](=O)[O-])sc2c1CCCCC2. The summed E-state index contributed by atoms with van der Waals surface area (Å²) in [5.41, 5.74) is 4.25. The molecule has 2 N–H and O–H groups in total. The molecule has 0 radical (unpaired) electrons. The Labute approximate surface area is 172 Å². The van der Waals surface area contributed by atoms with Gasteiger partial charge in [-0.25, -0.2) is 5.43 Å². The van der Waals surface area contributed by atoms with Gasteiger partial charge in [-0.2, -0.15) is 5.10 Å². The highest BCUT2D eigenvalue weighted by Crippen LogP contribution is 2.38. The van der Waals surface area contributed by atoms with Crippen molar-refractivity contribution in [3.63, 3.8) is 0 Å². The molecule has 2 aromatic rings. The van der Waals surface area contributed by atoms with Crippen LogP contribution in [0, 0.1) is 10.1 Å². The number of hydrogen-bond acceptors (Lipinski definition) is 6. The van der Waals surface area contributed by atoms with Crippen LogP contribution in [-0.4, -0.2) is 22.4 Å². The monoisotopic (exact) mass is 414 g/mol. The largest absolute Gasteiger partial charge is 0.313 e. The molecule has 0 bridgehead atoms. The van der Waals surface area contributed by atoms with Crippen molar-refractivity contribution in [2.45, 2.75) is 46.0 Å². The normalized spacial score (nSPS) is 13.0. The molecule has 0 saturated carbocycles. The molecule has 9 heteroatoms. The number of rotatable bonds is 5. The van der Waals surface area contributed by atoms with Crippen LogP contribution in [0.1, 0.15) is 64.3 Å². The minimum Gasteiger partial charge on any atom is -0.313 e. The number of nitro groups is 1. The minimum atomic E-state index is -0.613. The molecule has 0 fully saturated rings. The van der Waals surface area contributed by atoms with Crippen molar-refractivity contribution in [1.29, 1.82) is 0 Å². The lowest BCUT2D eigenvalue weighted by Gasteiger charge is -2.08. The summed E-state index contributed by atoms with van der Waals surface area (Å²) in [6.07, 6.45) is 4.69. The van der Waals surface area contributed by atoms with Crippen LogP contribution in [0.25, 0.3) is 0 Å². The summed E-state index contributed by atoms with van der Waals surface area (Å²) < 4.78 is 0. The number of nitrogens with one attached hydrogen (secondary N) is 2. The van der Waals surface area contributed by atoms with Gasteiger partial charge in [0.05, 0.1) is 10.5 Å². The van der Waals surface area contributed by atoms with Gasteiger partial charge in [-0.1, -0.05) is 18.6 Å². The molecular weight excluding hydrogens is 392 g/mol. The van der Waals surface area contributed by atoms with Crippen LogP contribution >= 0.6 is 11.3 Å². The highest BCUT2D eigenvalue weighted by molar-refractivity contribution is 7.17. The van der Waals surface area contributed by atoms with Gasteiger partial charge in [-0.05, 0) is 51.2 Å². The number of carbonyl (C=O) groups is 2. The predicted molar refractivity (Wildman–Crippen MR) is 113 cm³/mol. The Morgan fingerprint density at radius 1 is 1.10 bits per heavy atom. The van der Waals surface area contributed by atoms with E-state index in [1.54, 1.807) is 19.9 Å². The fourth-order valence-corrected chi connectivity index (χ4v) is 4.57. The van der Waals surface area contributed by atoms with Crippen molar-refractivity contribution >= 4 is 39.6 Å². The highest BCUT2D eigenvalue weighted by Gasteiger charge is 2.27. The van der Waals surface area contributed by atoms with E-state index in [-0.39, 0.29) is 17.2 Å². The third kappa shape index (κ3) is 4.68. The summed E-state index contributed by atoms with van der Waals surface area (Å²) in [6, 6.07) is 5.76. The molecule has 152 valence electrons. The first-order chi connectivity index (χ1) is 13.9. The van der Waals surface area contributed by atoms with Crippen LogP contribution in [0.15, 0.2) is 29.4 Å². The van der Waals surface area contributed by atoms with Crippen molar-refractivity contribution in [2.75, 3.05) is 5.32 Å². The number of thiophene rings is 1. The van der Waals surface area contributed by atoms with Gasteiger partial charge in [0.2, 0.25) is 0 Å². The van der Waals surface area contributed by atoms with E-state index in [9.17, 15) is 19.7 Å². The van der Waals surface area contributed by atoms with Gasteiger partial charge in [0.15, 0.2) is 0 Å². The Morgan fingerprint density at radius 2 is 1.83 bits per heavy atom. The fourth-order valence-electron chi connectivity index (χ4n) is 3.28. The van der Waals surface area contributed by atoms with Crippen LogP contribution in [-0.2, 0) is 12.8 Å². The van der Waals surface area contributed by atoms with Crippen molar-refractivity contribution < 1.29 is 14.5 Å². The molecule has 1 heterocycles. The second-order valence-electron chi connectivity index (χ2n) is 7.00. The van der Waals surface area contributed by atoms with E-state index in [1.807, 2.05) is 0 Å². The maximum Gasteiger partial charge on any atom is 0.282 e. The Kier molecular flexibility index (Phi) is 6.38. The van der Waals surface area contributed by atoms with Crippen LogP contribution in [0.2, 0.25) is 0 Å². The van der Waals surface area contributed by atoms with E-state index in [1.165, 1.54) is 29.5 Å². The number of amides is 2. The lowest BCUT2D eigenvalue weighted by atomic mass is 10.0. The third-order valence-electron chi connectivity index (χ3n) is 4.60. The third-order valence-corrected chi connectivity index (χ3v) is 5.81. The molecule has 0 saturated heterocycles.